The van der Waals surface area contributed by atoms with Gasteiger partial charge in [-0.2, -0.15) is 5.26 Å². The van der Waals surface area contributed by atoms with Crippen LogP contribution in [0.2, 0.25) is 0 Å². The number of nitriles is 1. The zero-order valence-electron chi connectivity index (χ0n) is 11.7. The van der Waals surface area contributed by atoms with Gasteiger partial charge in [0.2, 0.25) is 0 Å². The molecule has 1 aromatic heterocycles. The highest BCUT2D eigenvalue weighted by molar-refractivity contribution is 5.76. The molecule has 4 nitrogen and oxygen atoms in total. The molecule has 0 N–H and O–H groups in total. The van der Waals surface area contributed by atoms with E-state index in [1.165, 1.54) is 0 Å². The molecular formula is C14H16F2N4. The van der Waals surface area contributed by atoms with Crippen LogP contribution < -0.4 is 0 Å². The summed E-state index contributed by atoms with van der Waals surface area (Å²) in [5, 5.41) is 8.75. The van der Waals surface area contributed by atoms with Gasteiger partial charge in [0.25, 0.3) is 0 Å². The van der Waals surface area contributed by atoms with Crippen LogP contribution in [0.1, 0.15) is 25.2 Å². The lowest BCUT2D eigenvalue weighted by Gasteiger charge is -2.20. The molecule has 0 aliphatic carbocycles. The van der Waals surface area contributed by atoms with Gasteiger partial charge in [0.1, 0.15) is 5.82 Å². The Bertz CT molecular complexity index is 670. The molecule has 0 aliphatic heterocycles. The number of benzene rings is 1. The Morgan fingerprint density at radius 2 is 2.00 bits per heavy atom. The van der Waals surface area contributed by atoms with E-state index in [0.29, 0.717) is 23.4 Å². The van der Waals surface area contributed by atoms with E-state index < -0.39 is 11.6 Å². The van der Waals surface area contributed by atoms with Crippen molar-refractivity contribution in [2.45, 2.75) is 25.9 Å². The molecule has 0 saturated heterocycles. The van der Waals surface area contributed by atoms with Crippen LogP contribution >= 0.6 is 0 Å². The van der Waals surface area contributed by atoms with Crippen LogP contribution in [0.25, 0.3) is 11.0 Å². The van der Waals surface area contributed by atoms with Gasteiger partial charge in [0.15, 0.2) is 11.6 Å². The van der Waals surface area contributed by atoms with Gasteiger partial charge < -0.3 is 4.57 Å². The van der Waals surface area contributed by atoms with Crippen LogP contribution in [0.15, 0.2) is 12.1 Å². The van der Waals surface area contributed by atoms with Crippen molar-refractivity contribution in [3.63, 3.8) is 0 Å². The maximum Gasteiger partial charge on any atom is 0.161 e. The van der Waals surface area contributed by atoms with Gasteiger partial charge >= 0.3 is 0 Å². The molecule has 0 amide bonds. The average molecular weight is 278 g/mol. The highest BCUT2D eigenvalue weighted by atomic mass is 19.2. The highest BCUT2D eigenvalue weighted by Crippen LogP contribution is 2.25. The predicted octanol–water partition coefficient (Wildman–Crippen LogP) is 2.85. The van der Waals surface area contributed by atoms with E-state index in [2.05, 4.69) is 11.1 Å². The van der Waals surface area contributed by atoms with Crippen LogP contribution in [0, 0.1) is 23.0 Å². The van der Waals surface area contributed by atoms with E-state index in [-0.39, 0.29) is 12.5 Å². The Balaban J connectivity index is 2.63. The summed E-state index contributed by atoms with van der Waals surface area (Å²) in [6, 6.07) is 4.28. The zero-order chi connectivity index (χ0) is 14.9. The van der Waals surface area contributed by atoms with Gasteiger partial charge in [0, 0.05) is 18.7 Å². The second-order valence-electron chi connectivity index (χ2n) is 4.92. The number of nitrogens with zero attached hydrogens (tertiary/aromatic N) is 4. The topological polar surface area (TPSA) is 44.9 Å². The van der Waals surface area contributed by atoms with E-state index in [0.717, 1.165) is 12.1 Å². The maximum absolute atomic E-state index is 13.4. The molecule has 1 atom stereocenters. The van der Waals surface area contributed by atoms with Crippen LogP contribution in [-0.4, -0.2) is 28.5 Å². The number of hydrogen-bond acceptors (Lipinski definition) is 3. The van der Waals surface area contributed by atoms with Crippen molar-refractivity contribution in [3.8, 4) is 6.07 Å². The fourth-order valence-electron chi connectivity index (χ4n) is 2.09. The molecule has 6 heteroatoms. The Labute approximate surface area is 116 Å². The fourth-order valence-corrected chi connectivity index (χ4v) is 2.09. The second-order valence-corrected chi connectivity index (χ2v) is 4.92. The number of hydrogen-bond donors (Lipinski definition) is 0. The highest BCUT2D eigenvalue weighted by Gasteiger charge is 2.19. The van der Waals surface area contributed by atoms with Crippen molar-refractivity contribution in [1.82, 2.24) is 14.5 Å². The van der Waals surface area contributed by atoms with Gasteiger partial charge in [-0.3, -0.25) is 4.90 Å². The molecule has 0 radical (unpaired) electrons. The first-order chi connectivity index (χ1) is 9.45. The van der Waals surface area contributed by atoms with Crippen molar-refractivity contribution >= 4 is 11.0 Å². The predicted molar refractivity (Wildman–Crippen MR) is 72.0 cm³/mol. The number of aryl methyl sites for hydroxylation is 1. The first kappa shape index (κ1) is 14.4. The van der Waals surface area contributed by atoms with Crippen LogP contribution in [0.4, 0.5) is 8.78 Å². The molecule has 2 rings (SSSR count). The van der Waals surface area contributed by atoms with Gasteiger partial charge in [-0.25, -0.2) is 13.8 Å². The monoisotopic (exact) mass is 278 g/mol. The first-order valence-corrected chi connectivity index (χ1v) is 6.34. The molecule has 1 heterocycles. The largest absolute Gasteiger partial charge is 0.326 e. The molecule has 1 aromatic carbocycles. The lowest BCUT2D eigenvalue weighted by atomic mass is 10.2. The molecule has 106 valence electrons. The third-order valence-corrected chi connectivity index (χ3v) is 3.42. The van der Waals surface area contributed by atoms with E-state index in [4.69, 9.17) is 5.26 Å². The van der Waals surface area contributed by atoms with Crippen LogP contribution in [0.5, 0.6) is 0 Å². The Morgan fingerprint density at radius 1 is 1.35 bits per heavy atom. The Hall–Kier alpha value is -2.00. The summed E-state index contributed by atoms with van der Waals surface area (Å²) in [6.45, 7) is 2.36. The van der Waals surface area contributed by atoms with Gasteiger partial charge in [-0.05, 0) is 21.0 Å². The number of halogens is 2. The Morgan fingerprint density at radius 3 is 2.60 bits per heavy atom. The van der Waals surface area contributed by atoms with Gasteiger partial charge in [0.05, 0.1) is 29.6 Å². The third kappa shape index (κ3) is 2.49. The summed E-state index contributed by atoms with van der Waals surface area (Å²) in [5.41, 5.74) is 0.924. The standard InChI is InChI=1S/C14H16F2N4/c1-9(19(2)3)14-18-12-7-10(15)11(16)8-13(12)20(14)6-4-5-17/h7-9H,4,6H2,1-3H3. The van der Waals surface area contributed by atoms with E-state index >= 15 is 0 Å². The number of rotatable bonds is 4. The normalized spacial score (nSPS) is 12.8. The Kier molecular flexibility index (Phi) is 4.00. The maximum atomic E-state index is 13.4. The first-order valence-electron chi connectivity index (χ1n) is 6.34. The average Bonchev–Trinajstić information content (AvgIpc) is 2.73. The van der Waals surface area contributed by atoms with Crippen molar-refractivity contribution in [2.75, 3.05) is 14.1 Å². The zero-order valence-corrected chi connectivity index (χ0v) is 11.7. The molecular weight excluding hydrogens is 262 g/mol. The second kappa shape index (κ2) is 5.55. The number of imidazole rings is 1. The molecule has 0 spiro atoms. The summed E-state index contributed by atoms with van der Waals surface area (Å²) in [7, 11) is 3.81. The lowest BCUT2D eigenvalue weighted by molar-refractivity contribution is 0.301. The summed E-state index contributed by atoms with van der Waals surface area (Å²) >= 11 is 0. The minimum atomic E-state index is -0.911. The van der Waals surface area contributed by atoms with Crippen LogP contribution in [-0.2, 0) is 6.54 Å². The van der Waals surface area contributed by atoms with E-state index in [9.17, 15) is 8.78 Å². The van der Waals surface area contributed by atoms with Crippen molar-refractivity contribution < 1.29 is 8.78 Å². The van der Waals surface area contributed by atoms with Crippen molar-refractivity contribution in [1.29, 1.82) is 5.26 Å². The minimum absolute atomic E-state index is 0.0211. The molecule has 1 unspecified atom stereocenters. The van der Waals surface area contributed by atoms with Crippen molar-refractivity contribution in [3.05, 3.63) is 29.6 Å². The van der Waals surface area contributed by atoms with E-state index in [1.807, 2.05) is 25.9 Å². The quantitative estimate of drug-likeness (QED) is 0.863. The molecule has 0 saturated carbocycles. The summed E-state index contributed by atoms with van der Waals surface area (Å²) in [5.74, 6) is -1.11. The smallest absolute Gasteiger partial charge is 0.161 e. The van der Waals surface area contributed by atoms with Crippen LogP contribution in [0.3, 0.4) is 0 Å². The van der Waals surface area contributed by atoms with Gasteiger partial charge in [-0.1, -0.05) is 0 Å². The summed E-state index contributed by atoms with van der Waals surface area (Å²) < 4.78 is 28.5. The summed E-state index contributed by atoms with van der Waals surface area (Å²) in [4.78, 5) is 6.35. The van der Waals surface area contributed by atoms with Crippen molar-refractivity contribution in [2.24, 2.45) is 0 Å². The molecule has 0 fully saturated rings. The summed E-state index contributed by atoms with van der Waals surface area (Å²) in [6.07, 6.45) is 0.289. The molecule has 20 heavy (non-hydrogen) atoms. The third-order valence-electron chi connectivity index (χ3n) is 3.42. The van der Waals surface area contributed by atoms with Gasteiger partial charge in [-0.15, -0.1) is 0 Å². The lowest BCUT2D eigenvalue weighted by Crippen LogP contribution is -2.21. The molecule has 2 aromatic rings. The minimum Gasteiger partial charge on any atom is -0.326 e. The fraction of sp³-hybridized carbons (Fsp3) is 0.429. The molecule has 0 aliphatic rings. The SMILES string of the molecule is CC(c1nc2cc(F)c(F)cc2n1CCC#N)N(C)C. The van der Waals surface area contributed by atoms with E-state index in [1.54, 1.807) is 4.57 Å². The molecule has 0 bridgehead atoms. The number of fused-ring (bicyclic) bond motifs is 1. The number of aromatic nitrogens is 2.